The second kappa shape index (κ2) is 5.05. The number of aliphatic carboxylic acids is 1. The Kier molecular flexibility index (Phi) is 4.41. The molecule has 0 aromatic heterocycles. The van der Waals surface area contributed by atoms with E-state index in [0.717, 1.165) is 6.34 Å². The van der Waals surface area contributed by atoms with Gasteiger partial charge in [0.05, 0.1) is 0 Å². The summed E-state index contributed by atoms with van der Waals surface area (Å²) in [5.74, 6) is -1.15. The molecule has 0 saturated carbocycles. The van der Waals surface area contributed by atoms with Crippen molar-refractivity contribution >= 4 is 18.4 Å². The highest BCUT2D eigenvalue weighted by Crippen LogP contribution is 2.01. The van der Waals surface area contributed by atoms with Crippen molar-refractivity contribution in [3.8, 4) is 0 Å². The number of hydrogen-bond acceptors (Lipinski definition) is 4. The van der Waals surface area contributed by atoms with Crippen LogP contribution < -0.4 is 10.8 Å². The SMILES string of the molecule is CN=CNOC(=O)NC(C)(C)C(=O)O. The predicted molar refractivity (Wildman–Crippen MR) is 48.9 cm³/mol. The Morgan fingerprint density at radius 3 is 2.50 bits per heavy atom. The molecule has 0 unspecified atom stereocenters. The van der Waals surface area contributed by atoms with Gasteiger partial charge >= 0.3 is 12.1 Å². The zero-order valence-electron chi connectivity index (χ0n) is 8.20. The summed E-state index contributed by atoms with van der Waals surface area (Å²) >= 11 is 0. The molecule has 0 radical (unpaired) electrons. The lowest BCUT2D eigenvalue weighted by molar-refractivity contribution is -0.143. The Bertz CT molecular complexity index is 249. The minimum atomic E-state index is -1.37. The van der Waals surface area contributed by atoms with Crippen molar-refractivity contribution < 1.29 is 19.5 Å². The molecular weight excluding hydrogens is 190 g/mol. The number of hydrogen-bond donors (Lipinski definition) is 3. The molecular formula is C7H13N3O4. The summed E-state index contributed by atoms with van der Waals surface area (Å²) in [5.41, 5.74) is 0.727. The molecule has 14 heavy (non-hydrogen) atoms. The fourth-order valence-electron chi connectivity index (χ4n) is 0.467. The summed E-state index contributed by atoms with van der Waals surface area (Å²) < 4.78 is 0. The van der Waals surface area contributed by atoms with Crippen LogP contribution in [-0.2, 0) is 9.63 Å². The molecule has 3 N–H and O–H groups in total. The van der Waals surface area contributed by atoms with Gasteiger partial charge in [0, 0.05) is 7.05 Å². The van der Waals surface area contributed by atoms with Crippen molar-refractivity contribution in [2.24, 2.45) is 4.99 Å². The van der Waals surface area contributed by atoms with E-state index in [1.165, 1.54) is 20.9 Å². The van der Waals surface area contributed by atoms with E-state index in [2.05, 4.69) is 20.6 Å². The zero-order valence-corrected chi connectivity index (χ0v) is 8.20. The maximum Gasteiger partial charge on any atom is 0.432 e. The number of carbonyl (C=O) groups excluding carboxylic acids is 1. The second-order valence-electron chi connectivity index (χ2n) is 2.95. The van der Waals surface area contributed by atoms with Crippen molar-refractivity contribution in [1.82, 2.24) is 10.8 Å². The number of nitrogens with zero attached hydrogens (tertiary/aromatic N) is 1. The van der Waals surface area contributed by atoms with Crippen LogP contribution in [0.15, 0.2) is 4.99 Å². The minimum absolute atomic E-state index is 0.891. The van der Waals surface area contributed by atoms with Crippen LogP contribution in [-0.4, -0.2) is 36.1 Å². The molecule has 0 bridgehead atoms. The molecule has 0 aromatic carbocycles. The lowest BCUT2D eigenvalue weighted by Crippen LogP contribution is -2.50. The number of hydroxylamine groups is 1. The van der Waals surface area contributed by atoms with Gasteiger partial charge in [-0.15, -0.1) is 0 Å². The van der Waals surface area contributed by atoms with Crippen molar-refractivity contribution in [2.45, 2.75) is 19.4 Å². The van der Waals surface area contributed by atoms with E-state index in [4.69, 9.17) is 5.11 Å². The molecule has 0 aliphatic heterocycles. The Morgan fingerprint density at radius 1 is 1.50 bits per heavy atom. The van der Waals surface area contributed by atoms with E-state index in [1.807, 2.05) is 0 Å². The van der Waals surface area contributed by atoms with E-state index in [1.54, 1.807) is 0 Å². The molecule has 0 spiro atoms. The van der Waals surface area contributed by atoms with Crippen LogP contribution in [0.2, 0.25) is 0 Å². The maximum absolute atomic E-state index is 10.9. The molecule has 0 aliphatic carbocycles. The Hall–Kier alpha value is -1.79. The Balaban J connectivity index is 4.00. The predicted octanol–water partition coefficient (Wildman–Crippen LogP) is -0.262. The van der Waals surface area contributed by atoms with E-state index in [-0.39, 0.29) is 0 Å². The van der Waals surface area contributed by atoms with Gasteiger partial charge in [0.2, 0.25) is 0 Å². The van der Waals surface area contributed by atoms with Gasteiger partial charge in [0.1, 0.15) is 11.9 Å². The molecule has 7 nitrogen and oxygen atoms in total. The van der Waals surface area contributed by atoms with Crippen LogP contribution in [0.4, 0.5) is 4.79 Å². The molecule has 0 aliphatic rings. The van der Waals surface area contributed by atoms with Gasteiger partial charge in [0.15, 0.2) is 0 Å². The van der Waals surface area contributed by atoms with Crippen LogP contribution in [0.5, 0.6) is 0 Å². The Morgan fingerprint density at radius 2 is 2.07 bits per heavy atom. The van der Waals surface area contributed by atoms with Gasteiger partial charge in [-0.2, -0.15) is 0 Å². The summed E-state index contributed by atoms with van der Waals surface area (Å²) in [4.78, 5) is 29.3. The van der Waals surface area contributed by atoms with Gasteiger partial charge in [0.25, 0.3) is 0 Å². The van der Waals surface area contributed by atoms with Gasteiger partial charge in [-0.05, 0) is 13.8 Å². The van der Waals surface area contributed by atoms with Crippen LogP contribution in [0.3, 0.4) is 0 Å². The van der Waals surface area contributed by atoms with E-state index < -0.39 is 17.6 Å². The molecule has 80 valence electrons. The highest BCUT2D eigenvalue weighted by atomic mass is 16.7. The van der Waals surface area contributed by atoms with E-state index >= 15 is 0 Å². The van der Waals surface area contributed by atoms with Crippen LogP contribution >= 0.6 is 0 Å². The van der Waals surface area contributed by atoms with Crippen molar-refractivity contribution in [3.05, 3.63) is 0 Å². The number of rotatable bonds is 4. The number of carboxylic acids is 1. The fraction of sp³-hybridized carbons (Fsp3) is 0.571. The number of aliphatic imine (C=N–C) groups is 1. The molecule has 0 atom stereocenters. The molecule has 0 heterocycles. The maximum atomic E-state index is 10.9. The summed E-state index contributed by atoms with van der Waals surface area (Å²) in [5, 5.41) is 10.8. The highest BCUT2D eigenvalue weighted by Gasteiger charge is 2.29. The lowest BCUT2D eigenvalue weighted by Gasteiger charge is -2.19. The number of carboxylic acid groups (broad SMARTS) is 1. The molecule has 0 aromatic rings. The van der Waals surface area contributed by atoms with Crippen molar-refractivity contribution in [1.29, 1.82) is 0 Å². The summed E-state index contributed by atoms with van der Waals surface area (Å²) in [6, 6.07) is 0. The third-order valence-corrected chi connectivity index (χ3v) is 1.28. The summed E-state index contributed by atoms with van der Waals surface area (Å²) in [6.45, 7) is 2.68. The first-order valence-corrected chi connectivity index (χ1v) is 3.78. The van der Waals surface area contributed by atoms with Gasteiger partial charge in [-0.1, -0.05) is 0 Å². The van der Waals surface area contributed by atoms with E-state index in [0.29, 0.717) is 0 Å². The first kappa shape index (κ1) is 12.2. The quantitative estimate of drug-likeness (QED) is 0.332. The Labute approximate surface area is 81.1 Å². The zero-order chi connectivity index (χ0) is 11.2. The summed E-state index contributed by atoms with van der Waals surface area (Å²) in [7, 11) is 1.48. The van der Waals surface area contributed by atoms with Crippen molar-refractivity contribution in [2.75, 3.05) is 7.05 Å². The standard InChI is InChI=1S/C7H13N3O4/c1-7(2,5(11)12)10-6(13)14-9-4-8-3/h4H,1-3H3,(H,8,9)(H,10,13)(H,11,12). The average Bonchev–Trinajstić information content (AvgIpc) is 2.03. The van der Waals surface area contributed by atoms with Gasteiger partial charge in [-0.25, -0.2) is 15.1 Å². The normalized spacial score (nSPS) is 11.1. The van der Waals surface area contributed by atoms with Crippen molar-refractivity contribution in [3.63, 3.8) is 0 Å². The summed E-state index contributed by atoms with van der Waals surface area (Å²) in [6.07, 6.45) is 0.255. The molecule has 0 rings (SSSR count). The second-order valence-corrected chi connectivity index (χ2v) is 2.95. The smallest absolute Gasteiger partial charge is 0.432 e. The third kappa shape index (κ3) is 4.29. The fourth-order valence-corrected chi connectivity index (χ4v) is 0.467. The first-order valence-electron chi connectivity index (χ1n) is 3.78. The minimum Gasteiger partial charge on any atom is -0.480 e. The number of amides is 1. The highest BCUT2D eigenvalue weighted by molar-refractivity contribution is 5.83. The van der Waals surface area contributed by atoms with Crippen LogP contribution in [0.25, 0.3) is 0 Å². The third-order valence-electron chi connectivity index (χ3n) is 1.28. The van der Waals surface area contributed by atoms with E-state index in [9.17, 15) is 9.59 Å². The average molecular weight is 203 g/mol. The molecule has 7 heteroatoms. The monoisotopic (exact) mass is 203 g/mol. The van der Waals surface area contributed by atoms with Gasteiger partial charge in [-0.3, -0.25) is 4.99 Å². The van der Waals surface area contributed by atoms with Crippen LogP contribution in [0.1, 0.15) is 13.8 Å². The number of carbonyl (C=O) groups is 2. The van der Waals surface area contributed by atoms with Gasteiger partial charge < -0.3 is 15.3 Å². The molecule has 0 fully saturated rings. The first-order chi connectivity index (χ1) is 6.40. The lowest BCUT2D eigenvalue weighted by atomic mass is 10.1. The topological polar surface area (TPSA) is 100 Å². The number of nitrogens with one attached hydrogen (secondary N) is 2. The largest absolute Gasteiger partial charge is 0.480 e. The van der Waals surface area contributed by atoms with Crippen LogP contribution in [0, 0.1) is 0 Å². The molecule has 0 saturated heterocycles. The molecule has 1 amide bonds.